The van der Waals surface area contributed by atoms with Crippen LogP contribution in [0.5, 0.6) is 0 Å². The maximum absolute atomic E-state index is 13.9. The van der Waals surface area contributed by atoms with E-state index < -0.39 is 11.7 Å². The first kappa shape index (κ1) is 16.9. The minimum Gasteiger partial charge on any atom is -0.366 e. The second-order valence-electron chi connectivity index (χ2n) is 5.20. The zero-order valence-electron chi connectivity index (χ0n) is 13.3. The number of hydrogen-bond donors (Lipinski definition) is 1. The number of nitrogens with zero attached hydrogens (tertiary/aromatic N) is 2. The van der Waals surface area contributed by atoms with Gasteiger partial charge in [-0.15, -0.1) is 0 Å². The van der Waals surface area contributed by atoms with E-state index in [1.807, 2.05) is 13.8 Å². The maximum Gasteiger partial charge on any atom is 0.259 e. The van der Waals surface area contributed by atoms with Gasteiger partial charge in [0.1, 0.15) is 5.82 Å². The Morgan fingerprint density at radius 1 is 1.26 bits per heavy atom. The van der Waals surface area contributed by atoms with E-state index in [0.717, 1.165) is 19.2 Å². The molecule has 2 rings (SSSR count). The molecule has 1 heterocycles. The SMILES string of the molecule is CCN(CC)Cc1cccn(-c2ccc(C(N)=O)c(F)c2)c1=O. The van der Waals surface area contributed by atoms with Crippen LogP contribution in [0.15, 0.2) is 41.3 Å². The molecule has 0 saturated carbocycles. The van der Waals surface area contributed by atoms with Gasteiger partial charge in [0.15, 0.2) is 0 Å². The van der Waals surface area contributed by atoms with Gasteiger partial charge in [-0.05, 0) is 37.4 Å². The largest absolute Gasteiger partial charge is 0.366 e. The molecule has 6 heteroatoms. The fourth-order valence-corrected chi connectivity index (χ4v) is 2.40. The van der Waals surface area contributed by atoms with E-state index in [4.69, 9.17) is 5.73 Å². The van der Waals surface area contributed by atoms with Gasteiger partial charge in [0.05, 0.1) is 11.3 Å². The van der Waals surface area contributed by atoms with Crippen LogP contribution in [0.1, 0.15) is 29.8 Å². The lowest BCUT2D eigenvalue weighted by molar-refractivity contribution is 0.0996. The van der Waals surface area contributed by atoms with E-state index in [1.165, 1.54) is 16.7 Å². The van der Waals surface area contributed by atoms with Crippen LogP contribution in [0.2, 0.25) is 0 Å². The lowest BCUT2D eigenvalue weighted by Crippen LogP contribution is -2.29. The van der Waals surface area contributed by atoms with Gasteiger partial charge in [0.2, 0.25) is 0 Å². The van der Waals surface area contributed by atoms with Crippen LogP contribution in [0.25, 0.3) is 5.69 Å². The number of pyridine rings is 1. The number of hydrogen-bond acceptors (Lipinski definition) is 3. The van der Waals surface area contributed by atoms with E-state index in [-0.39, 0.29) is 11.1 Å². The molecular weight excluding hydrogens is 297 g/mol. The van der Waals surface area contributed by atoms with Crippen molar-refractivity contribution in [3.8, 4) is 5.69 Å². The first-order valence-electron chi connectivity index (χ1n) is 7.50. The Morgan fingerprint density at radius 2 is 1.96 bits per heavy atom. The van der Waals surface area contributed by atoms with E-state index >= 15 is 0 Å². The molecular formula is C17H20FN3O2. The third-order valence-corrected chi connectivity index (χ3v) is 3.81. The summed E-state index contributed by atoms with van der Waals surface area (Å²) in [5, 5.41) is 0. The molecule has 2 aromatic rings. The number of amides is 1. The number of carbonyl (C=O) groups excluding carboxylic acids is 1. The summed E-state index contributed by atoms with van der Waals surface area (Å²) in [6, 6.07) is 7.45. The molecule has 5 nitrogen and oxygen atoms in total. The van der Waals surface area contributed by atoms with E-state index in [1.54, 1.807) is 18.3 Å². The summed E-state index contributed by atoms with van der Waals surface area (Å²) in [4.78, 5) is 25.8. The van der Waals surface area contributed by atoms with E-state index in [9.17, 15) is 14.0 Å². The first-order chi connectivity index (χ1) is 11.0. The predicted octanol–water partition coefficient (Wildman–Crippen LogP) is 1.92. The summed E-state index contributed by atoms with van der Waals surface area (Å²) in [6.45, 7) is 6.28. The van der Waals surface area contributed by atoms with Crippen molar-refractivity contribution >= 4 is 5.91 Å². The average Bonchev–Trinajstić information content (AvgIpc) is 2.53. The van der Waals surface area contributed by atoms with Gasteiger partial charge in [-0.1, -0.05) is 19.9 Å². The van der Waals surface area contributed by atoms with Crippen LogP contribution in [0.4, 0.5) is 4.39 Å². The highest BCUT2D eigenvalue weighted by atomic mass is 19.1. The zero-order chi connectivity index (χ0) is 17.0. The summed E-state index contributed by atoms with van der Waals surface area (Å²) in [5.41, 5.74) is 5.69. The van der Waals surface area contributed by atoms with Gasteiger partial charge < -0.3 is 5.73 Å². The average molecular weight is 317 g/mol. The first-order valence-corrected chi connectivity index (χ1v) is 7.50. The van der Waals surface area contributed by atoms with Crippen molar-refractivity contribution in [2.24, 2.45) is 5.73 Å². The van der Waals surface area contributed by atoms with Crippen molar-refractivity contribution in [2.75, 3.05) is 13.1 Å². The summed E-state index contributed by atoms with van der Waals surface area (Å²) in [5.74, 6) is -1.58. The fraction of sp³-hybridized carbons (Fsp3) is 0.294. The van der Waals surface area contributed by atoms with E-state index in [0.29, 0.717) is 17.8 Å². The third kappa shape index (κ3) is 3.65. The number of benzene rings is 1. The second kappa shape index (κ2) is 7.19. The third-order valence-electron chi connectivity index (χ3n) is 3.81. The normalized spacial score (nSPS) is 11.0. The van der Waals surface area contributed by atoms with Crippen LogP contribution >= 0.6 is 0 Å². The summed E-state index contributed by atoms with van der Waals surface area (Å²) in [7, 11) is 0. The second-order valence-corrected chi connectivity index (χ2v) is 5.20. The Morgan fingerprint density at radius 3 is 2.52 bits per heavy atom. The molecule has 0 aliphatic rings. The Kier molecular flexibility index (Phi) is 5.28. The summed E-state index contributed by atoms with van der Waals surface area (Å²) < 4.78 is 15.3. The number of halogens is 1. The minimum atomic E-state index is -0.836. The Bertz CT molecular complexity index is 767. The molecule has 0 spiro atoms. The van der Waals surface area contributed by atoms with Crippen LogP contribution in [-0.4, -0.2) is 28.5 Å². The van der Waals surface area contributed by atoms with Gasteiger partial charge in [0.25, 0.3) is 11.5 Å². The van der Waals surface area contributed by atoms with Gasteiger partial charge in [-0.2, -0.15) is 0 Å². The highest BCUT2D eigenvalue weighted by Crippen LogP contribution is 2.13. The van der Waals surface area contributed by atoms with Crippen molar-refractivity contribution in [3.05, 3.63) is 63.8 Å². The lowest BCUT2D eigenvalue weighted by atomic mass is 10.1. The Labute approximate surface area is 134 Å². The molecule has 122 valence electrons. The molecule has 2 N–H and O–H groups in total. The highest BCUT2D eigenvalue weighted by molar-refractivity contribution is 5.93. The van der Waals surface area contributed by atoms with Crippen LogP contribution in [0.3, 0.4) is 0 Å². The number of primary amides is 1. The molecule has 0 atom stereocenters. The van der Waals surface area contributed by atoms with Gasteiger partial charge >= 0.3 is 0 Å². The molecule has 23 heavy (non-hydrogen) atoms. The standard InChI is InChI=1S/C17H20FN3O2/c1-3-20(4-2)11-12-6-5-9-21(17(12)23)13-7-8-14(16(19)22)15(18)10-13/h5-10H,3-4,11H2,1-2H3,(H2,19,22). The molecule has 0 unspecified atom stereocenters. The quantitative estimate of drug-likeness (QED) is 0.885. The van der Waals surface area contributed by atoms with Crippen LogP contribution < -0.4 is 11.3 Å². The number of rotatable bonds is 6. The Hall–Kier alpha value is -2.47. The lowest BCUT2D eigenvalue weighted by Gasteiger charge is -2.18. The molecule has 0 aliphatic carbocycles. The smallest absolute Gasteiger partial charge is 0.259 e. The van der Waals surface area contributed by atoms with Crippen LogP contribution in [-0.2, 0) is 6.54 Å². The topological polar surface area (TPSA) is 68.3 Å². The minimum absolute atomic E-state index is 0.193. The monoisotopic (exact) mass is 317 g/mol. The van der Waals surface area contributed by atoms with Crippen LogP contribution in [0, 0.1) is 5.82 Å². The maximum atomic E-state index is 13.9. The molecule has 0 radical (unpaired) electrons. The summed E-state index contributed by atoms with van der Waals surface area (Å²) >= 11 is 0. The molecule has 0 bridgehead atoms. The van der Waals surface area contributed by atoms with Gasteiger partial charge in [-0.25, -0.2) is 4.39 Å². The van der Waals surface area contributed by atoms with Gasteiger partial charge in [0, 0.05) is 18.3 Å². The van der Waals surface area contributed by atoms with Crippen molar-refractivity contribution in [2.45, 2.75) is 20.4 Å². The fourth-order valence-electron chi connectivity index (χ4n) is 2.40. The molecule has 0 fully saturated rings. The number of carbonyl (C=O) groups is 1. The van der Waals surface area contributed by atoms with Crippen molar-refractivity contribution in [1.82, 2.24) is 9.47 Å². The van der Waals surface area contributed by atoms with Gasteiger partial charge in [-0.3, -0.25) is 19.1 Å². The van der Waals surface area contributed by atoms with Crippen molar-refractivity contribution in [3.63, 3.8) is 0 Å². The molecule has 0 aliphatic heterocycles. The zero-order valence-corrected chi connectivity index (χ0v) is 13.3. The molecule has 1 aromatic carbocycles. The van der Waals surface area contributed by atoms with Crippen molar-refractivity contribution in [1.29, 1.82) is 0 Å². The van der Waals surface area contributed by atoms with Crippen molar-refractivity contribution < 1.29 is 9.18 Å². The Balaban J connectivity index is 2.43. The predicted molar refractivity (Wildman–Crippen MR) is 87.1 cm³/mol. The van der Waals surface area contributed by atoms with E-state index in [2.05, 4.69) is 4.90 Å². The number of aromatic nitrogens is 1. The molecule has 0 saturated heterocycles. The molecule has 1 aromatic heterocycles. The molecule has 1 amide bonds. The highest BCUT2D eigenvalue weighted by Gasteiger charge is 2.12. The number of nitrogens with two attached hydrogens (primary N) is 1. The summed E-state index contributed by atoms with van der Waals surface area (Å²) in [6.07, 6.45) is 1.58.